The highest BCUT2D eigenvalue weighted by atomic mass is 32.3. The lowest BCUT2D eigenvalue weighted by Crippen LogP contribution is -2.49. The third-order valence-corrected chi connectivity index (χ3v) is 5.52. The molecule has 0 N–H and O–H groups in total. The van der Waals surface area contributed by atoms with E-state index in [-0.39, 0.29) is 11.8 Å². The number of hydrogen-bond acceptors (Lipinski definition) is 7. The van der Waals surface area contributed by atoms with E-state index in [0.717, 1.165) is 11.1 Å². The predicted octanol–water partition coefficient (Wildman–Crippen LogP) is 3.24. The zero-order valence-electron chi connectivity index (χ0n) is 16.8. The molecule has 1 fully saturated rings. The SMILES string of the molecule is Cc1c(CN2CCN(C(=O)OC(C)(C)C)CC2)cc(OS(=O)(=O)F)c(C)c1S. The summed E-state index contributed by atoms with van der Waals surface area (Å²) in [7, 11) is -5.12. The number of rotatable bonds is 4. The molecule has 0 saturated carbocycles. The Morgan fingerprint density at radius 1 is 1.18 bits per heavy atom. The van der Waals surface area contributed by atoms with Crippen LogP contribution in [0, 0.1) is 13.8 Å². The lowest BCUT2D eigenvalue weighted by atomic mass is 10.0. The van der Waals surface area contributed by atoms with Crippen LogP contribution in [0.2, 0.25) is 0 Å². The minimum absolute atomic E-state index is 0.0690. The van der Waals surface area contributed by atoms with E-state index in [1.54, 1.807) is 11.8 Å². The largest absolute Gasteiger partial charge is 0.488 e. The van der Waals surface area contributed by atoms with E-state index >= 15 is 0 Å². The molecule has 1 amide bonds. The van der Waals surface area contributed by atoms with Crippen molar-refractivity contribution in [2.75, 3.05) is 26.2 Å². The van der Waals surface area contributed by atoms with Gasteiger partial charge in [-0.2, -0.15) is 8.42 Å². The molecule has 28 heavy (non-hydrogen) atoms. The minimum atomic E-state index is -5.12. The summed E-state index contributed by atoms with van der Waals surface area (Å²) in [5.74, 6) is -0.0690. The average Bonchev–Trinajstić information content (AvgIpc) is 2.55. The third-order valence-electron chi connectivity index (χ3n) is 4.47. The Hall–Kier alpha value is -1.52. The molecular weight excluding hydrogens is 407 g/mol. The van der Waals surface area contributed by atoms with Gasteiger partial charge in [0.05, 0.1) is 0 Å². The second-order valence-corrected chi connectivity index (χ2v) is 9.25. The highest BCUT2D eigenvalue weighted by Gasteiger charge is 2.26. The minimum Gasteiger partial charge on any atom is -0.444 e. The molecule has 0 unspecified atom stereocenters. The van der Waals surface area contributed by atoms with E-state index in [4.69, 9.17) is 4.74 Å². The number of carbonyl (C=O) groups excluding carboxylic acids is 1. The van der Waals surface area contributed by atoms with Crippen molar-refractivity contribution >= 4 is 29.2 Å². The van der Waals surface area contributed by atoms with Gasteiger partial charge in [0.2, 0.25) is 0 Å². The molecule has 1 saturated heterocycles. The van der Waals surface area contributed by atoms with Gasteiger partial charge in [0.1, 0.15) is 11.4 Å². The Morgan fingerprint density at radius 3 is 2.25 bits per heavy atom. The first-order chi connectivity index (χ1) is 12.8. The molecule has 1 aliphatic rings. The molecule has 10 heteroatoms. The van der Waals surface area contributed by atoms with Crippen LogP contribution >= 0.6 is 12.6 Å². The first-order valence-corrected chi connectivity index (χ1v) is 10.7. The van der Waals surface area contributed by atoms with Crippen LogP contribution in [0.3, 0.4) is 0 Å². The highest BCUT2D eigenvalue weighted by Crippen LogP contribution is 2.32. The van der Waals surface area contributed by atoms with E-state index in [1.165, 1.54) is 6.07 Å². The van der Waals surface area contributed by atoms with Crippen molar-refractivity contribution in [3.8, 4) is 5.75 Å². The second-order valence-electron chi connectivity index (χ2n) is 7.85. The zero-order valence-corrected chi connectivity index (χ0v) is 18.5. The number of thiol groups is 1. The fraction of sp³-hybridized carbons (Fsp3) is 0.611. The van der Waals surface area contributed by atoms with Crippen LogP contribution in [0.1, 0.15) is 37.5 Å². The van der Waals surface area contributed by atoms with Crippen LogP contribution in [0.4, 0.5) is 8.68 Å². The average molecular weight is 435 g/mol. The molecule has 7 nitrogen and oxygen atoms in total. The van der Waals surface area contributed by atoms with E-state index < -0.39 is 16.1 Å². The number of piperazine rings is 1. The summed E-state index contributed by atoms with van der Waals surface area (Å²) >= 11 is 4.41. The smallest absolute Gasteiger partial charge is 0.444 e. The third kappa shape index (κ3) is 6.25. The number of amides is 1. The monoisotopic (exact) mass is 434 g/mol. The van der Waals surface area contributed by atoms with Crippen molar-refractivity contribution in [1.29, 1.82) is 0 Å². The van der Waals surface area contributed by atoms with Crippen molar-refractivity contribution in [3.05, 3.63) is 22.8 Å². The van der Waals surface area contributed by atoms with Crippen molar-refractivity contribution in [2.24, 2.45) is 0 Å². The first-order valence-electron chi connectivity index (χ1n) is 8.93. The van der Waals surface area contributed by atoms with Gasteiger partial charge < -0.3 is 13.8 Å². The summed E-state index contributed by atoms with van der Waals surface area (Å²) in [5, 5.41) is 0. The molecule has 0 bridgehead atoms. The first kappa shape index (κ1) is 22.8. The number of carbonyl (C=O) groups is 1. The molecule has 1 aromatic carbocycles. The summed E-state index contributed by atoms with van der Waals surface area (Å²) in [5.41, 5.74) is 1.59. The molecule has 158 valence electrons. The van der Waals surface area contributed by atoms with Gasteiger partial charge in [0, 0.05) is 43.2 Å². The van der Waals surface area contributed by atoms with Gasteiger partial charge in [-0.3, -0.25) is 4.90 Å². The standard InChI is InChI=1S/C18H27FN2O5S2/c1-12-14(10-15(13(2)16(12)27)26-28(19,23)24)11-20-6-8-21(9-7-20)17(22)25-18(3,4)5/h10,27H,6-9,11H2,1-5H3. The fourth-order valence-corrected chi connectivity index (χ4v) is 3.58. The summed E-state index contributed by atoms with van der Waals surface area (Å²) in [6, 6.07) is 1.53. The molecule has 0 atom stereocenters. The van der Waals surface area contributed by atoms with Gasteiger partial charge in [-0.05, 0) is 51.8 Å². The lowest BCUT2D eigenvalue weighted by molar-refractivity contribution is 0.0139. The Labute approximate surface area is 171 Å². The summed E-state index contributed by atoms with van der Waals surface area (Å²) in [6.45, 7) is 11.8. The van der Waals surface area contributed by atoms with Gasteiger partial charge in [0.15, 0.2) is 0 Å². The van der Waals surface area contributed by atoms with Gasteiger partial charge in [-0.15, -0.1) is 12.6 Å². The molecule has 0 radical (unpaired) electrons. The van der Waals surface area contributed by atoms with E-state index in [2.05, 4.69) is 21.7 Å². The van der Waals surface area contributed by atoms with Crippen molar-refractivity contribution in [3.63, 3.8) is 0 Å². The van der Waals surface area contributed by atoms with E-state index in [1.807, 2.05) is 27.7 Å². The molecule has 1 aliphatic heterocycles. The van der Waals surface area contributed by atoms with E-state index in [9.17, 15) is 17.1 Å². The summed E-state index contributed by atoms with van der Waals surface area (Å²) in [6.07, 6.45) is -0.333. The maximum Gasteiger partial charge on any atom is 0.488 e. The van der Waals surface area contributed by atoms with E-state index in [0.29, 0.717) is 43.2 Å². The Bertz CT molecular complexity index is 845. The molecule has 0 aliphatic carbocycles. The van der Waals surface area contributed by atoms with Crippen molar-refractivity contribution < 1.29 is 26.0 Å². The van der Waals surface area contributed by atoms with Crippen LogP contribution < -0.4 is 4.18 Å². The van der Waals surface area contributed by atoms with Gasteiger partial charge >= 0.3 is 16.6 Å². The predicted molar refractivity (Wildman–Crippen MR) is 107 cm³/mol. The van der Waals surface area contributed by atoms with Crippen LogP contribution in [-0.4, -0.2) is 56.1 Å². The number of benzene rings is 1. The molecular formula is C18H27FN2O5S2. The molecule has 0 aromatic heterocycles. The Morgan fingerprint density at radius 2 is 1.75 bits per heavy atom. The lowest BCUT2D eigenvalue weighted by Gasteiger charge is -2.36. The molecule has 1 aromatic rings. The van der Waals surface area contributed by atoms with Crippen LogP contribution in [0.15, 0.2) is 11.0 Å². The van der Waals surface area contributed by atoms with Crippen molar-refractivity contribution in [1.82, 2.24) is 9.80 Å². The number of halogens is 1. The second kappa shape index (κ2) is 8.46. The molecule has 0 spiro atoms. The maximum atomic E-state index is 13.0. The van der Waals surface area contributed by atoms with Gasteiger partial charge in [-0.25, -0.2) is 4.79 Å². The number of hydrogen-bond donors (Lipinski definition) is 1. The Kier molecular flexibility index (Phi) is 6.88. The number of ether oxygens (including phenoxy) is 1. The fourth-order valence-electron chi connectivity index (χ4n) is 2.94. The highest BCUT2D eigenvalue weighted by molar-refractivity contribution is 7.81. The summed E-state index contributed by atoms with van der Waals surface area (Å²) in [4.78, 5) is 16.5. The maximum absolute atomic E-state index is 13.0. The zero-order chi connectivity index (χ0) is 21.3. The normalized spacial score (nSPS) is 16.2. The Balaban J connectivity index is 2.08. The number of nitrogens with zero attached hydrogens (tertiary/aromatic N) is 2. The van der Waals surface area contributed by atoms with Crippen LogP contribution in [-0.2, 0) is 21.8 Å². The summed E-state index contributed by atoms with van der Waals surface area (Å²) < 4.78 is 44.6. The van der Waals surface area contributed by atoms with Crippen molar-refractivity contribution in [2.45, 2.75) is 51.7 Å². The van der Waals surface area contributed by atoms with Gasteiger partial charge in [0.25, 0.3) is 0 Å². The molecule has 2 rings (SSSR count). The van der Waals surface area contributed by atoms with Crippen LogP contribution in [0.5, 0.6) is 5.75 Å². The topological polar surface area (TPSA) is 76.2 Å². The molecule has 1 heterocycles. The van der Waals surface area contributed by atoms with Gasteiger partial charge in [-0.1, -0.05) is 3.89 Å². The van der Waals surface area contributed by atoms with Crippen LogP contribution in [0.25, 0.3) is 0 Å². The quantitative estimate of drug-likeness (QED) is 0.579.